The number of piperazine rings is 1. The maximum absolute atomic E-state index is 13.7. The summed E-state index contributed by atoms with van der Waals surface area (Å²) in [6.07, 6.45) is 6.55. The van der Waals surface area contributed by atoms with E-state index in [-0.39, 0.29) is 11.7 Å². The molecule has 0 unspecified atom stereocenters. The predicted molar refractivity (Wildman–Crippen MR) is 123 cm³/mol. The molecule has 1 aromatic heterocycles. The number of hydrogen-bond donors (Lipinski definition) is 0. The predicted octanol–water partition coefficient (Wildman–Crippen LogP) is 4.70. The lowest BCUT2D eigenvalue weighted by Gasteiger charge is -2.36. The van der Waals surface area contributed by atoms with E-state index in [4.69, 9.17) is 4.98 Å². The summed E-state index contributed by atoms with van der Waals surface area (Å²) in [5.41, 5.74) is 3.00. The van der Waals surface area contributed by atoms with Gasteiger partial charge in [0.15, 0.2) is 0 Å². The van der Waals surface area contributed by atoms with Gasteiger partial charge in [0.25, 0.3) is 0 Å². The number of benzene rings is 1. The molecule has 0 N–H and O–H groups in total. The van der Waals surface area contributed by atoms with E-state index in [2.05, 4.69) is 23.7 Å². The van der Waals surface area contributed by atoms with Gasteiger partial charge in [-0.15, -0.1) is 0 Å². The molecular formula is C25H35FN4O. The molecule has 31 heavy (non-hydrogen) atoms. The smallest absolute Gasteiger partial charge is 0.222 e. The molecule has 1 aliphatic heterocycles. The van der Waals surface area contributed by atoms with E-state index < -0.39 is 0 Å². The van der Waals surface area contributed by atoms with Crippen LogP contribution in [0.5, 0.6) is 0 Å². The fourth-order valence-corrected chi connectivity index (χ4v) is 4.25. The molecule has 2 aromatic rings. The third kappa shape index (κ3) is 6.25. The summed E-state index contributed by atoms with van der Waals surface area (Å²) in [5, 5.41) is 0. The van der Waals surface area contributed by atoms with Gasteiger partial charge in [0, 0.05) is 50.3 Å². The van der Waals surface area contributed by atoms with Gasteiger partial charge < -0.3 is 9.80 Å². The Morgan fingerprint density at radius 3 is 2.52 bits per heavy atom. The van der Waals surface area contributed by atoms with E-state index in [1.165, 1.54) is 18.9 Å². The number of anilines is 1. The quantitative estimate of drug-likeness (QED) is 0.546. The third-order valence-electron chi connectivity index (χ3n) is 5.96. The Morgan fingerprint density at radius 1 is 1.06 bits per heavy atom. The van der Waals surface area contributed by atoms with Crippen LogP contribution in [0.15, 0.2) is 24.3 Å². The number of hydrogen-bond acceptors (Lipinski definition) is 4. The topological polar surface area (TPSA) is 49.3 Å². The standard InChI is InChI=1S/C25H35FN4O/c1-4-6-7-8-12-24(31)29-13-15-30(16-14-29)25-22(23(5-2)27-19(3)28-25)18-20-10-9-11-21(26)17-20/h9-11,17H,4-8,12-16,18H2,1-3H3. The fraction of sp³-hybridized carbons (Fsp3) is 0.560. The number of carbonyl (C=O) groups is 1. The van der Waals surface area contributed by atoms with Crippen LogP contribution in [0.2, 0.25) is 0 Å². The molecule has 1 aliphatic rings. The van der Waals surface area contributed by atoms with E-state index in [0.29, 0.717) is 12.8 Å². The summed E-state index contributed by atoms with van der Waals surface area (Å²) in [6.45, 7) is 9.16. The van der Waals surface area contributed by atoms with Gasteiger partial charge >= 0.3 is 0 Å². The third-order valence-corrected chi connectivity index (χ3v) is 5.96. The highest BCUT2D eigenvalue weighted by Crippen LogP contribution is 2.26. The van der Waals surface area contributed by atoms with Crippen LogP contribution in [-0.2, 0) is 17.6 Å². The number of aryl methyl sites for hydroxylation is 2. The summed E-state index contributed by atoms with van der Waals surface area (Å²) in [6, 6.07) is 6.74. The summed E-state index contributed by atoms with van der Waals surface area (Å²) in [4.78, 5) is 26.2. The first kappa shape index (κ1) is 23.2. The van der Waals surface area contributed by atoms with Crippen LogP contribution in [0.3, 0.4) is 0 Å². The molecule has 1 aromatic carbocycles. The molecule has 0 bridgehead atoms. The van der Waals surface area contributed by atoms with Gasteiger partial charge in [-0.2, -0.15) is 0 Å². The molecule has 1 saturated heterocycles. The second kappa shape index (κ2) is 11.2. The molecular weight excluding hydrogens is 391 g/mol. The molecule has 1 amide bonds. The van der Waals surface area contributed by atoms with E-state index in [1.54, 1.807) is 12.1 Å². The van der Waals surface area contributed by atoms with E-state index >= 15 is 0 Å². The molecule has 0 radical (unpaired) electrons. The number of halogens is 1. The summed E-state index contributed by atoms with van der Waals surface area (Å²) >= 11 is 0. The molecule has 6 heteroatoms. The van der Waals surface area contributed by atoms with Crippen LogP contribution >= 0.6 is 0 Å². The maximum atomic E-state index is 13.7. The van der Waals surface area contributed by atoms with E-state index in [1.807, 2.05) is 17.9 Å². The van der Waals surface area contributed by atoms with Crippen molar-refractivity contribution < 1.29 is 9.18 Å². The SMILES string of the molecule is CCCCCCC(=O)N1CCN(c2nc(C)nc(CC)c2Cc2cccc(F)c2)CC1. The van der Waals surface area contributed by atoms with Gasteiger partial charge in [0.1, 0.15) is 17.5 Å². The Kier molecular flexibility index (Phi) is 8.38. The first-order valence-corrected chi connectivity index (χ1v) is 11.6. The maximum Gasteiger partial charge on any atom is 0.222 e. The van der Waals surface area contributed by atoms with Crippen LogP contribution in [0.1, 0.15) is 68.6 Å². The fourth-order valence-electron chi connectivity index (χ4n) is 4.25. The van der Waals surface area contributed by atoms with Crippen LogP contribution in [0.25, 0.3) is 0 Å². The van der Waals surface area contributed by atoms with Gasteiger partial charge in [-0.1, -0.05) is 45.2 Å². The minimum Gasteiger partial charge on any atom is -0.353 e. The van der Waals surface area contributed by atoms with E-state index in [0.717, 1.165) is 73.9 Å². The highest BCUT2D eigenvalue weighted by Gasteiger charge is 2.25. The minimum absolute atomic E-state index is 0.226. The van der Waals surface area contributed by atoms with Crippen molar-refractivity contribution in [3.63, 3.8) is 0 Å². The van der Waals surface area contributed by atoms with Crippen LogP contribution in [0.4, 0.5) is 10.2 Å². The van der Waals surface area contributed by atoms with Crippen LogP contribution in [-0.4, -0.2) is 47.0 Å². The highest BCUT2D eigenvalue weighted by molar-refractivity contribution is 5.76. The average Bonchev–Trinajstić information content (AvgIpc) is 2.77. The van der Waals surface area contributed by atoms with Crippen LogP contribution in [0, 0.1) is 12.7 Å². The van der Waals surface area contributed by atoms with Crippen LogP contribution < -0.4 is 4.90 Å². The van der Waals surface area contributed by atoms with Gasteiger partial charge in [0.2, 0.25) is 5.91 Å². The lowest BCUT2D eigenvalue weighted by atomic mass is 10.0. The van der Waals surface area contributed by atoms with Crippen molar-refractivity contribution in [2.24, 2.45) is 0 Å². The Morgan fingerprint density at radius 2 is 1.84 bits per heavy atom. The molecule has 0 atom stereocenters. The normalized spacial score (nSPS) is 14.2. The minimum atomic E-state index is -0.226. The second-order valence-corrected chi connectivity index (χ2v) is 8.36. The molecule has 0 aliphatic carbocycles. The number of unbranched alkanes of at least 4 members (excludes halogenated alkanes) is 3. The molecule has 0 spiro atoms. The summed E-state index contributed by atoms with van der Waals surface area (Å²) < 4.78 is 13.7. The molecule has 0 saturated carbocycles. The molecule has 168 valence electrons. The largest absolute Gasteiger partial charge is 0.353 e. The van der Waals surface area contributed by atoms with Crippen molar-refractivity contribution >= 4 is 11.7 Å². The summed E-state index contributed by atoms with van der Waals surface area (Å²) in [5.74, 6) is 1.73. The lowest BCUT2D eigenvalue weighted by molar-refractivity contribution is -0.131. The van der Waals surface area contributed by atoms with Crippen molar-refractivity contribution in [3.05, 3.63) is 52.7 Å². The lowest BCUT2D eigenvalue weighted by Crippen LogP contribution is -2.49. The zero-order valence-corrected chi connectivity index (χ0v) is 19.2. The van der Waals surface area contributed by atoms with E-state index in [9.17, 15) is 9.18 Å². The Bertz CT molecular complexity index is 878. The number of aromatic nitrogens is 2. The first-order valence-electron chi connectivity index (χ1n) is 11.6. The molecule has 1 fully saturated rings. The van der Waals surface area contributed by atoms with Crippen molar-refractivity contribution in [2.75, 3.05) is 31.1 Å². The Labute approximate surface area is 185 Å². The first-order chi connectivity index (χ1) is 15.0. The van der Waals surface area contributed by atoms with Crippen molar-refractivity contribution in [3.8, 4) is 0 Å². The van der Waals surface area contributed by atoms with Gasteiger partial charge in [-0.05, 0) is 37.5 Å². The zero-order valence-electron chi connectivity index (χ0n) is 19.2. The number of carbonyl (C=O) groups excluding carboxylic acids is 1. The van der Waals surface area contributed by atoms with Crippen molar-refractivity contribution in [1.29, 1.82) is 0 Å². The number of rotatable bonds is 9. The van der Waals surface area contributed by atoms with Gasteiger partial charge in [-0.25, -0.2) is 14.4 Å². The van der Waals surface area contributed by atoms with Crippen molar-refractivity contribution in [2.45, 2.75) is 65.7 Å². The average molecular weight is 427 g/mol. The monoisotopic (exact) mass is 426 g/mol. The molecule has 2 heterocycles. The molecule has 5 nitrogen and oxygen atoms in total. The number of nitrogens with zero attached hydrogens (tertiary/aromatic N) is 4. The second-order valence-electron chi connectivity index (χ2n) is 8.36. The Hall–Kier alpha value is -2.50. The Balaban J connectivity index is 1.72. The molecule has 3 rings (SSSR count). The van der Waals surface area contributed by atoms with Gasteiger partial charge in [0.05, 0.1) is 0 Å². The highest BCUT2D eigenvalue weighted by atomic mass is 19.1. The van der Waals surface area contributed by atoms with Crippen molar-refractivity contribution in [1.82, 2.24) is 14.9 Å². The summed E-state index contributed by atoms with van der Waals surface area (Å²) in [7, 11) is 0. The number of amides is 1. The van der Waals surface area contributed by atoms with Gasteiger partial charge in [-0.3, -0.25) is 4.79 Å². The zero-order chi connectivity index (χ0) is 22.2.